The van der Waals surface area contributed by atoms with Gasteiger partial charge in [-0.15, -0.1) is 0 Å². The van der Waals surface area contributed by atoms with Gasteiger partial charge >= 0.3 is 6.09 Å². The van der Waals surface area contributed by atoms with E-state index in [0.29, 0.717) is 9.26 Å². The number of amides is 1. The molecule has 1 amide bonds. The van der Waals surface area contributed by atoms with E-state index in [-0.39, 0.29) is 28.4 Å². The number of hydrogen-bond donors (Lipinski definition) is 1. The molecule has 3 aromatic rings. The van der Waals surface area contributed by atoms with Crippen molar-refractivity contribution in [2.24, 2.45) is 0 Å². The summed E-state index contributed by atoms with van der Waals surface area (Å²) in [7, 11) is 0. The second-order valence-electron chi connectivity index (χ2n) is 7.88. The van der Waals surface area contributed by atoms with Gasteiger partial charge in [-0.3, -0.25) is 4.98 Å². The average molecular weight is 564 g/mol. The van der Waals surface area contributed by atoms with Crippen LogP contribution in [-0.4, -0.2) is 16.7 Å². The largest absolute Gasteiger partial charge is 0.454 e. The van der Waals surface area contributed by atoms with Crippen LogP contribution in [0.1, 0.15) is 26.3 Å². The van der Waals surface area contributed by atoms with Gasteiger partial charge in [-0.1, -0.05) is 0 Å². The Labute approximate surface area is 202 Å². The Morgan fingerprint density at radius 3 is 2.48 bits per heavy atom. The van der Waals surface area contributed by atoms with Crippen LogP contribution in [0.25, 0.3) is 0 Å². The van der Waals surface area contributed by atoms with Gasteiger partial charge < -0.3 is 15.2 Å². The highest BCUT2D eigenvalue weighted by atomic mass is 127. The number of nitrogen functional groups attached to an aromatic ring is 1. The molecule has 0 saturated carbocycles. The summed E-state index contributed by atoms with van der Waals surface area (Å²) in [6, 6.07) is 9.36. The molecule has 33 heavy (non-hydrogen) atoms. The number of nitriles is 1. The molecule has 2 N–H and O–H groups in total. The lowest BCUT2D eigenvalue weighted by Gasteiger charge is -2.28. The molecule has 170 valence electrons. The van der Waals surface area contributed by atoms with Crippen molar-refractivity contribution in [3.8, 4) is 17.6 Å². The van der Waals surface area contributed by atoms with E-state index in [0.717, 1.165) is 17.0 Å². The van der Waals surface area contributed by atoms with E-state index in [1.165, 1.54) is 30.6 Å². The zero-order valence-corrected chi connectivity index (χ0v) is 20.1. The third-order valence-electron chi connectivity index (χ3n) is 4.09. The molecule has 0 aliphatic carbocycles. The summed E-state index contributed by atoms with van der Waals surface area (Å²) in [5, 5.41) is 9.88. The molecule has 0 atom stereocenters. The zero-order valence-electron chi connectivity index (χ0n) is 17.9. The van der Waals surface area contributed by atoms with Gasteiger partial charge in [0.15, 0.2) is 0 Å². The maximum atomic E-state index is 14.9. The second kappa shape index (κ2) is 9.58. The van der Waals surface area contributed by atoms with E-state index in [1.807, 2.05) is 28.7 Å². The number of nitrogens with two attached hydrogens (primary N) is 1. The molecule has 0 fully saturated rings. The first-order valence-corrected chi connectivity index (χ1v) is 10.7. The predicted molar refractivity (Wildman–Crippen MR) is 127 cm³/mol. The summed E-state index contributed by atoms with van der Waals surface area (Å²) < 4.78 is 41.2. The monoisotopic (exact) mass is 564 g/mol. The maximum Gasteiger partial charge on any atom is 0.419 e. The average Bonchev–Trinajstić information content (AvgIpc) is 2.68. The lowest BCUT2D eigenvalue weighted by Crippen LogP contribution is -2.34. The Morgan fingerprint density at radius 1 is 1.15 bits per heavy atom. The van der Waals surface area contributed by atoms with Crippen LogP contribution in [0.3, 0.4) is 0 Å². The minimum atomic E-state index is -0.999. The highest BCUT2D eigenvalue weighted by Gasteiger charge is 2.31. The molecular weight excluding hydrogens is 545 g/mol. The van der Waals surface area contributed by atoms with Crippen molar-refractivity contribution in [1.29, 1.82) is 5.26 Å². The molecule has 3 rings (SSSR count). The van der Waals surface area contributed by atoms with Gasteiger partial charge in [-0.2, -0.15) is 5.26 Å². The van der Waals surface area contributed by atoms with E-state index >= 15 is 0 Å². The fourth-order valence-corrected chi connectivity index (χ4v) is 3.31. The number of carbonyl (C=O) groups is 1. The molecule has 0 aliphatic rings. The number of pyridine rings is 1. The van der Waals surface area contributed by atoms with Crippen LogP contribution in [0.4, 0.5) is 30.6 Å². The van der Waals surface area contributed by atoms with Gasteiger partial charge in [0.1, 0.15) is 40.4 Å². The number of rotatable bonds is 4. The first-order valence-electron chi connectivity index (χ1n) is 9.58. The standard InChI is InChI=1S/C23H19F2IN4O3/c1-23(2,3)33-22(31)30(19-5-4-14(26)8-18(19)25)20-6-13(24)7-21(17(20)10-27)32-16-9-15(28)11-29-12-16/h4-9,11-12H,28H2,1-3H3. The van der Waals surface area contributed by atoms with Gasteiger partial charge in [0, 0.05) is 15.7 Å². The van der Waals surface area contributed by atoms with Gasteiger partial charge in [0.25, 0.3) is 0 Å². The van der Waals surface area contributed by atoms with Crippen molar-refractivity contribution in [2.75, 3.05) is 10.6 Å². The molecule has 0 spiro atoms. The Balaban J connectivity index is 2.21. The molecule has 10 heteroatoms. The zero-order chi connectivity index (χ0) is 24.3. The van der Waals surface area contributed by atoms with Crippen molar-refractivity contribution in [1.82, 2.24) is 4.98 Å². The lowest BCUT2D eigenvalue weighted by atomic mass is 10.1. The molecule has 0 saturated heterocycles. The van der Waals surface area contributed by atoms with E-state index < -0.39 is 23.3 Å². The number of ether oxygens (including phenoxy) is 2. The van der Waals surface area contributed by atoms with Gasteiger partial charge in [0.05, 0.1) is 29.5 Å². The summed E-state index contributed by atoms with van der Waals surface area (Å²) in [5.74, 6) is -1.65. The third kappa shape index (κ3) is 5.87. The SMILES string of the molecule is CC(C)(C)OC(=O)N(c1ccc(I)cc1F)c1cc(F)cc(Oc2cncc(N)c2)c1C#N. The van der Waals surface area contributed by atoms with E-state index in [2.05, 4.69) is 4.98 Å². The van der Waals surface area contributed by atoms with Crippen LogP contribution in [-0.2, 0) is 4.74 Å². The predicted octanol–water partition coefficient (Wildman–Crippen LogP) is 6.28. The maximum absolute atomic E-state index is 14.9. The number of benzene rings is 2. The molecule has 1 heterocycles. The van der Waals surface area contributed by atoms with Crippen molar-refractivity contribution in [3.63, 3.8) is 0 Å². The number of halogens is 3. The van der Waals surface area contributed by atoms with Crippen molar-refractivity contribution < 1.29 is 23.0 Å². The fraction of sp³-hybridized carbons (Fsp3) is 0.174. The lowest BCUT2D eigenvalue weighted by molar-refractivity contribution is 0.0598. The van der Waals surface area contributed by atoms with E-state index in [4.69, 9.17) is 15.2 Å². The summed E-state index contributed by atoms with van der Waals surface area (Å²) in [6.45, 7) is 4.89. The highest BCUT2D eigenvalue weighted by Crippen LogP contribution is 2.39. The van der Waals surface area contributed by atoms with Crippen molar-refractivity contribution in [2.45, 2.75) is 26.4 Å². The first kappa shape index (κ1) is 24.2. The molecule has 1 aromatic heterocycles. The van der Waals surface area contributed by atoms with Crippen LogP contribution in [0.2, 0.25) is 0 Å². The summed E-state index contributed by atoms with van der Waals surface area (Å²) >= 11 is 1.92. The van der Waals surface area contributed by atoms with Crippen LogP contribution < -0.4 is 15.4 Å². The van der Waals surface area contributed by atoms with Crippen molar-refractivity contribution in [3.05, 3.63) is 69.6 Å². The Bertz CT molecular complexity index is 1260. The first-order chi connectivity index (χ1) is 15.5. The van der Waals surface area contributed by atoms with Crippen molar-refractivity contribution >= 4 is 45.7 Å². The van der Waals surface area contributed by atoms with E-state index in [1.54, 1.807) is 26.8 Å². The molecule has 0 aliphatic heterocycles. The molecular formula is C23H19F2IN4O3. The number of nitrogens with zero attached hydrogens (tertiary/aromatic N) is 3. The van der Waals surface area contributed by atoms with Gasteiger partial charge in [0.2, 0.25) is 0 Å². The fourth-order valence-electron chi connectivity index (χ4n) is 2.85. The Hall–Kier alpha value is -3.46. The summed E-state index contributed by atoms with van der Waals surface area (Å²) in [5.41, 5.74) is 4.36. The molecule has 7 nitrogen and oxygen atoms in total. The van der Waals surface area contributed by atoms with Gasteiger partial charge in [-0.25, -0.2) is 18.5 Å². The highest BCUT2D eigenvalue weighted by molar-refractivity contribution is 14.1. The summed E-state index contributed by atoms with van der Waals surface area (Å²) in [6.07, 6.45) is 1.71. The molecule has 0 bridgehead atoms. The molecule has 0 radical (unpaired) electrons. The molecule has 0 unspecified atom stereocenters. The van der Waals surface area contributed by atoms with Crippen LogP contribution in [0, 0.1) is 26.5 Å². The minimum Gasteiger partial charge on any atom is -0.454 e. The van der Waals surface area contributed by atoms with Gasteiger partial charge in [-0.05, 0) is 67.6 Å². The topological polar surface area (TPSA) is 101 Å². The number of carbonyl (C=O) groups excluding carboxylic acids is 1. The number of aromatic nitrogens is 1. The van der Waals surface area contributed by atoms with Crippen LogP contribution in [0.5, 0.6) is 11.5 Å². The van der Waals surface area contributed by atoms with E-state index in [9.17, 15) is 18.8 Å². The van der Waals surface area contributed by atoms with Crippen LogP contribution >= 0.6 is 22.6 Å². The minimum absolute atomic E-state index is 0.146. The third-order valence-corrected chi connectivity index (χ3v) is 4.76. The number of hydrogen-bond acceptors (Lipinski definition) is 6. The normalized spacial score (nSPS) is 10.9. The van der Waals surface area contributed by atoms with Crippen LogP contribution in [0.15, 0.2) is 48.8 Å². The Morgan fingerprint density at radius 2 is 1.88 bits per heavy atom. The second-order valence-corrected chi connectivity index (χ2v) is 9.12. The molecule has 2 aromatic carbocycles. The Kier molecular flexibility index (Phi) is 7.02. The summed E-state index contributed by atoms with van der Waals surface area (Å²) in [4.78, 5) is 17.8. The smallest absolute Gasteiger partial charge is 0.419 e. The number of anilines is 3. The quantitative estimate of drug-likeness (QED) is 0.374.